The number of carbonyl (C=O) groups excluding carboxylic acids is 1. The SMILES string of the molecule is CC(C)N1C[C@H](C(c2cccc(Cl)c2)c2cccc(Cl)c2)n2ncc(=O)c(O)c2C1=O. The molecule has 0 spiro atoms. The van der Waals surface area contributed by atoms with Crippen LogP contribution in [-0.4, -0.2) is 38.3 Å². The molecule has 3 aromatic rings. The Labute approximate surface area is 189 Å². The number of amides is 1. The van der Waals surface area contributed by atoms with Crippen molar-refractivity contribution in [3.05, 3.63) is 91.8 Å². The molecule has 8 heteroatoms. The van der Waals surface area contributed by atoms with E-state index in [2.05, 4.69) is 5.10 Å². The minimum absolute atomic E-state index is 0.105. The minimum Gasteiger partial charge on any atom is -0.502 e. The fourth-order valence-corrected chi connectivity index (χ4v) is 4.53. The third-order valence-corrected chi connectivity index (χ3v) is 6.04. The van der Waals surface area contributed by atoms with Crippen LogP contribution in [0.1, 0.15) is 47.4 Å². The predicted molar refractivity (Wildman–Crippen MR) is 120 cm³/mol. The first-order chi connectivity index (χ1) is 14.8. The molecular formula is C23H21Cl2N3O3. The van der Waals surface area contributed by atoms with E-state index in [0.717, 1.165) is 17.3 Å². The fourth-order valence-electron chi connectivity index (χ4n) is 4.14. The number of nitrogens with zero attached hydrogens (tertiary/aromatic N) is 3. The third-order valence-electron chi connectivity index (χ3n) is 5.57. The van der Waals surface area contributed by atoms with Crippen LogP contribution in [0.25, 0.3) is 0 Å². The molecule has 160 valence electrons. The van der Waals surface area contributed by atoms with E-state index in [1.165, 1.54) is 4.68 Å². The molecule has 1 amide bonds. The average Bonchev–Trinajstić information content (AvgIpc) is 2.72. The molecule has 2 aromatic carbocycles. The molecule has 0 fully saturated rings. The van der Waals surface area contributed by atoms with E-state index in [4.69, 9.17) is 23.2 Å². The van der Waals surface area contributed by atoms with E-state index in [9.17, 15) is 14.7 Å². The van der Waals surface area contributed by atoms with Crippen LogP contribution in [0.15, 0.2) is 59.5 Å². The number of fused-ring (bicyclic) bond motifs is 1. The lowest BCUT2D eigenvalue weighted by Crippen LogP contribution is -2.49. The Morgan fingerprint density at radius 1 is 1.03 bits per heavy atom. The standard InChI is InChI=1S/C23H21Cl2N3O3/c1-13(2)27-12-18(28-21(23(27)31)22(30)19(29)11-26-28)20(14-5-3-7-16(24)9-14)15-6-4-8-17(25)10-15/h3-11,13,18,20,30H,12H2,1-2H3/t18-/m1/s1. The van der Waals surface area contributed by atoms with Gasteiger partial charge in [0.15, 0.2) is 11.4 Å². The van der Waals surface area contributed by atoms with Gasteiger partial charge in [-0.05, 0) is 49.2 Å². The number of aromatic nitrogens is 2. The van der Waals surface area contributed by atoms with Crippen molar-refractivity contribution in [3.8, 4) is 5.75 Å². The quantitative estimate of drug-likeness (QED) is 0.625. The van der Waals surface area contributed by atoms with Gasteiger partial charge in [-0.3, -0.25) is 14.3 Å². The first-order valence-corrected chi connectivity index (χ1v) is 10.7. The summed E-state index contributed by atoms with van der Waals surface area (Å²) in [6.45, 7) is 4.12. The maximum absolute atomic E-state index is 13.1. The summed E-state index contributed by atoms with van der Waals surface area (Å²) in [5.74, 6) is -1.31. The molecule has 4 rings (SSSR count). The van der Waals surface area contributed by atoms with Crippen LogP contribution in [0.4, 0.5) is 0 Å². The van der Waals surface area contributed by atoms with Crippen LogP contribution in [0.2, 0.25) is 10.0 Å². The molecule has 0 bridgehead atoms. The van der Waals surface area contributed by atoms with Crippen molar-refractivity contribution >= 4 is 29.1 Å². The van der Waals surface area contributed by atoms with Crippen molar-refractivity contribution in [2.75, 3.05) is 6.54 Å². The number of benzene rings is 2. The van der Waals surface area contributed by atoms with Gasteiger partial charge < -0.3 is 10.0 Å². The van der Waals surface area contributed by atoms with Crippen LogP contribution in [0.3, 0.4) is 0 Å². The van der Waals surface area contributed by atoms with Crippen molar-refractivity contribution < 1.29 is 9.90 Å². The molecule has 2 heterocycles. The molecule has 0 radical (unpaired) electrons. The van der Waals surface area contributed by atoms with E-state index in [1.807, 2.05) is 50.2 Å². The number of carbonyl (C=O) groups is 1. The molecule has 1 aromatic heterocycles. The van der Waals surface area contributed by atoms with E-state index >= 15 is 0 Å². The summed E-state index contributed by atoms with van der Waals surface area (Å²) in [6, 6.07) is 14.4. The van der Waals surface area contributed by atoms with Gasteiger partial charge in [0.1, 0.15) is 0 Å². The zero-order chi connectivity index (χ0) is 22.3. The number of hydrogen-bond acceptors (Lipinski definition) is 4. The van der Waals surface area contributed by atoms with Gasteiger partial charge in [-0.2, -0.15) is 5.10 Å². The summed E-state index contributed by atoms with van der Waals surface area (Å²) in [4.78, 5) is 26.8. The lowest BCUT2D eigenvalue weighted by molar-refractivity contribution is 0.0570. The molecular weight excluding hydrogens is 437 g/mol. The van der Waals surface area contributed by atoms with Crippen molar-refractivity contribution in [1.29, 1.82) is 0 Å². The first kappa shape index (κ1) is 21.4. The van der Waals surface area contributed by atoms with Gasteiger partial charge in [0, 0.05) is 28.5 Å². The van der Waals surface area contributed by atoms with Gasteiger partial charge in [0.05, 0.1) is 12.2 Å². The van der Waals surface area contributed by atoms with Crippen molar-refractivity contribution in [3.63, 3.8) is 0 Å². The molecule has 31 heavy (non-hydrogen) atoms. The van der Waals surface area contributed by atoms with Crippen LogP contribution in [0.5, 0.6) is 5.75 Å². The number of aromatic hydroxyl groups is 1. The van der Waals surface area contributed by atoms with Crippen LogP contribution in [0, 0.1) is 0 Å². The number of hydrogen-bond donors (Lipinski definition) is 1. The number of rotatable bonds is 4. The lowest BCUT2D eigenvalue weighted by Gasteiger charge is -2.41. The first-order valence-electron chi connectivity index (χ1n) is 9.90. The zero-order valence-electron chi connectivity index (χ0n) is 17.0. The molecule has 0 aliphatic carbocycles. The highest BCUT2D eigenvalue weighted by Crippen LogP contribution is 2.40. The van der Waals surface area contributed by atoms with Crippen molar-refractivity contribution in [1.82, 2.24) is 14.7 Å². The smallest absolute Gasteiger partial charge is 0.276 e. The summed E-state index contributed by atoms with van der Waals surface area (Å²) < 4.78 is 1.46. The summed E-state index contributed by atoms with van der Waals surface area (Å²) in [5.41, 5.74) is 1.02. The highest BCUT2D eigenvalue weighted by molar-refractivity contribution is 6.31. The third kappa shape index (κ3) is 3.93. The van der Waals surface area contributed by atoms with Gasteiger partial charge in [0.25, 0.3) is 5.91 Å². The molecule has 0 saturated heterocycles. The highest BCUT2D eigenvalue weighted by atomic mass is 35.5. The van der Waals surface area contributed by atoms with Gasteiger partial charge in [-0.1, -0.05) is 47.5 Å². The lowest BCUT2D eigenvalue weighted by atomic mass is 9.83. The topological polar surface area (TPSA) is 75.4 Å². The average molecular weight is 458 g/mol. The van der Waals surface area contributed by atoms with E-state index in [-0.39, 0.29) is 17.7 Å². The van der Waals surface area contributed by atoms with Gasteiger partial charge in [-0.15, -0.1) is 0 Å². The van der Waals surface area contributed by atoms with Crippen LogP contribution in [-0.2, 0) is 0 Å². The fraction of sp³-hybridized carbons (Fsp3) is 0.261. The molecule has 0 saturated carbocycles. The Hall–Kier alpha value is -2.83. The summed E-state index contributed by atoms with van der Waals surface area (Å²) in [5, 5.41) is 15.9. The normalized spacial score (nSPS) is 16.1. The zero-order valence-corrected chi connectivity index (χ0v) is 18.5. The van der Waals surface area contributed by atoms with Crippen LogP contribution >= 0.6 is 23.2 Å². The van der Waals surface area contributed by atoms with Gasteiger partial charge in [0.2, 0.25) is 5.43 Å². The van der Waals surface area contributed by atoms with Crippen molar-refractivity contribution in [2.45, 2.75) is 31.8 Å². The second-order valence-corrected chi connectivity index (χ2v) is 8.73. The minimum atomic E-state index is -0.689. The Bertz CT molecular complexity index is 1160. The Morgan fingerprint density at radius 3 is 2.13 bits per heavy atom. The maximum Gasteiger partial charge on any atom is 0.276 e. The molecule has 0 unspecified atom stereocenters. The summed E-state index contributed by atoms with van der Waals surface area (Å²) in [7, 11) is 0. The predicted octanol–water partition coefficient (Wildman–Crippen LogP) is 4.49. The molecule has 6 nitrogen and oxygen atoms in total. The summed E-state index contributed by atoms with van der Waals surface area (Å²) >= 11 is 12.6. The highest BCUT2D eigenvalue weighted by Gasteiger charge is 2.40. The van der Waals surface area contributed by atoms with Crippen LogP contribution < -0.4 is 5.43 Å². The molecule has 1 aliphatic rings. The monoisotopic (exact) mass is 457 g/mol. The number of halogens is 2. The molecule has 1 atom stereocenters. The second-order valence-electron chi connectivity index (χ2n) is 7.86. The Morgan fingerprint density at radius 2 is 1.61 bits per heavy atom. The Kier molecular flexibility index (Phi) is 5.77. The van der Waals surface area contributed by atoms with E-state index < -0.39 is 23.1 Å². The molecule has 1 N–H and O–H groups in total. The second kappa shape index (κ2) is 8.36. The molecule has 1 aliphatic heterocycles. The largest absolute Gasteiger partial charge is 0.502 e. The van der Waals surface area contributed by atoms with Gasteiger partial charge >= 0.3 is 0 Å². The Balaban J connectivity index is 1.98. The van der Waals surface area contributed by atoms with Gasteiger partial charge in [-0.25, -0.2) is 0 Å². The van der Waals surface area contributed by atoms with Crippen molar-refractivity contribution in [2.24, 2.45) is 0 Å². The maximum atomic E-state index is 13.1. The van der Waals surface area contributed by atoms with E-state index in [0.29, 0.717) is 16.6 Å². The van der Waals surface area contributed by atoms with E-state index in [1.54, 1.807) is 17.0 Å². The summed E-state index contributed by atoms with van der Waals surface area (Å²) in [6.07, 6.45) is 1.04.